The number of hydrogen-bond acceptors (Lipinski definition) is 3. The Morgan fingerprint density at radius 3 is 2.63 bits per heavy atom. The normalized spacial score (nSPS) is 17.2. The molecule has 2 heterocycles. The molecule has 138 valence electrons. The number of nitrogens with zero attached hydrogens (tertiary/aromatic N) is 3. The van der Waals surface area contributed by atoms with Crippen LogP contribution in [0, 0.1) is 6.92 Å². The Morgan fingerprint density at radius 2 is 1.89 bits per heavy atom. The Bertz CT molecular complexity index is 935. The molecule has 1 saturated heterocycles. The number of hydrogen-bond donors (Lipinski definition) is 1. The van der Waals surface area contributed by atoms with Crippen molar-refractivity contribution in [3.63, 3.8) is 0 Å². The van der Waals surface area contributed by atoms with E-state index in [-0.39, 0.29) is 11.9 Å². The largest absolute Gasteiger partial charge is 0.367 e. The molecule has 1 aliphatic rings. The van der Waals surface area contributed by atoms with Crippen molar-refractivity contribution < 1.29 is 4.79 Å². The Balaban J connectivity index is 1.56. The number of benzene rings is 2. The molecule has 0 radical (unpaired) electrons. The van der Waals surface area contributed by atoms with Gasteiger partial charge < -0.3 is 14.8 Å². The second-order valence-electron chi connectivity index (χ2n) is 7.06. The molecular formula is C22H24N4O. The van der Waals surface area contributed by atoms with Gasteiger partial charge in [0, 0.05) is 49.3 Å². The fourth-order valence-electron chi connectivity index (χ4n) is 3.84. The predicted molar refractivity (Wildman–Crippen MR) is 108 cm³/mol. The third-order valence-corrected chi connectivity index (χ3v) is 5.26. The number of anilines is 1. The summed E-state index contributed by atoms with van der Waals surface area (Å²) in [6.45, 7) is 6.64. The van der Waals surface area contributed by atoms with Gasteiger partial charge in [-0.1, -0.05) is 36.4 Å². The molecule has 1 aromatic heterocycles. The molecular weight excluding hydrogens is 336 g/mol. The first-order valence-electron chi connectivity index (χ1n) is 9.35. The number of rotatable bonds is 3. The number of aromatic nitrogens is 2. The summed E-state index contributed by atoms with van der Waals surface area (Å²) >= 11 is 0. The molecule has 0 bridgehead atoms. The van der Waals surface area contributed by atoms with Gasteiger partial charge in [0.2, 0.25) is 0 Å². The average Bonchev–Trinajstić information content (AvgIpc) is 3.22. The Morgan fingerprint density at radius 1 is 1.11 bits per heavy atom. The van der Waals surface area contributed by atoms with E-state index in [1.54, 1.807) is 12.4 Å². The van der Waals surface area contributed by atoms with Crippen molar-refractivity contribution in [1.82, 2.24) is 14.9 Å². The first kappa shape index (κ1) is 17.3. The van der Waals surface area contributed by atoms with Crippen LogP contribution >= 0.6 is 0 Å². The fourth-order valence-corrected chi connectivity index (χ4v) is 3.84. The lowest BCUT2D eigenvalue weighted by Crippen LogP contribution is -2.54. The molecule has 1 atom stereocenters. The lowest BCUT2D eigenvalue weighted by atomic mass is 10.0. The minimum absolute atomic E-state index is 0.0685. The van der Waals surface area contributed by atoms with Crippen molar-refractivity contribution >= 4 is 11.6 Å². The van der Waals surface area contributed by atoms with Crippen LogP contribution in [0.4, 0.5) is 5.69 Å². The summed E-state index contributed by atoms with van der Waals surface area (Å²) in [7, 11) is 0. The van der Waals surface area contributed by atoms with E-state index in [0.29, 0.717) is 12.1 Å². The predicted octanol–water partition coefficient (Wildman–Crippen LogP) is 3.74. The molecule has 2 aromatic carbocycles. The van der Waals surface area contributed by atoms with Crippen molar-refractivity contribution in [2.45, 2.75) is 19.9 Å². The summed E-state index contributed by atoms with van der Waals surface area (Å²) in [6, 6.07) is 16.2. The van der Waals surface area contributed by atoms with Crippen LogP contribution in [0.3, 0.4) is 0 Å². The molecule has 1 unspecified atom stereocenters. The lowest BCUT2D eigenvalue weighted by Gasteiger charge is -2.41. The van der Waals surface area contributed by atoms with Crippen molar-refractivity contribution in [3.8, 4) is 11.4 Å². The minimum atomic E-state index is 0.0685. The topological polar surface area (TPSA) is 52.2 Å². The van der Waals surface area contributed by atoms with Gasteiger partial charge in [0.15, 0.2) is 0 Å². The zero-order valence-electron chi connectivity index (χ0n) is 15.7. The summed E-state index contributed by atoms with van der Waals surface area (Å²) in [4.78, 5) is 25.1. The van der Waals surface area contributed by atoms with Gasteiger partial charge in [-0.25, -0.2) is 4.98 Å². The van der Waals surface area contributed by atoms with Crippen LogP contribution in [0.5, 0.6) is 0 Å². The molecule has 0 spiro atoms. The third-order valence-electron chi connectivity index (χ3n) is 5.26. The van der Waals surface area contributed by atoms with Gasteiger partial charge in [-0.3, -0.25) is 4.79 Å². The highest BCUT2D eigenvalue weighted by atomic mass is 16.2. The standard InChI is InChI=1S/C22H24N4O/c1-16-7-3-6-10-20(16)25-13-14-26(17(2)15-25)22(27)19-9-5-4-8-18(19)21-23-11-12-24-21/h3-12,17H,13-15H2,1-2H3,(H,23,24). The molecule has 5 heteroatoms. The maximum atomic E-state index is 13.3. The fraction of sp³-hybridized carbons (Fsp3) is 0.273. The molecule has 3 aromatic rings. The van der Waals surface area contributed by atoms with Crippen molar-refractivity contribution in [1.29, 1.82) is 0 Å². The van der Waals surface area contributed by atoms with E-state index in [2.05, 4.69) is 53.0 Å². The van der Waals surface area contributed by atoms with Gasteiger partial charge in [-0.2, -0.15) is 0 Å². The molecule has 4 rings (SSSR count). The molecule has 1 amide bonds. The average molecular weight is 360 g/mol. The van der Waals surface area contributed by atoms with Crippen LogP contribution in [-0.2, 0) is 0 Å². The van der Waals surface area contributed by atoms with Crippen molar-refractivity contribution in [2.24, 2.45) is 0 Å². The number of nitrogens with one attached hydrogen (secondary N) is 1. The summed E-state index contributed by atoms with van der Waals surface area (Å²) in [5.41, 5.74) is 4.07. The van der Waals surface area contributed by atoms with Crippen LogP contribution in [0.15, 0.2) is 60.9 Å². The number of aromatic amines is 1. The summed E-state index contributed by atoms with van der Waals surface area (Å²) in [5.74, 6) is 0.795. The second kappa shape index (κ2) is 7.27. The molecule has 5 nitrogen and oxygen atoms in total. The summed E-state index contributed by atoms with van der Waals surface area (Å²) in [6.07, 6.45) is 3.49. The highest BCUT2D eigenvalue weighted by molar-refractivity contribution is 6.00. The SMILES string of the molecule is Cc1ccccc1N1CCN(C(=O)c2ccccc2-c2ncc[nH]2)C(C)C1. The molecule has 0 aliphatic carbocycles. The zero-order chi connectivity index (χ0) is 18.8. The molecule has 1 N–H and O–H groups in total. The number of para-hydroxylation sites is 1. The van der Waals surface area contributed by atoms with E-state index in [9.17, 15) is 4.79 Å². The van der Waals surface area contributed by atoms with Crippen LogP contribution in [0.2, 0.25) is 0 Å². The van der Waals surface area contributed by atoms with Crippen molar-refractivity contribution in [2.75, 3.05) is 24.5 Å². The first-order chi connectivity index (χ1) is 13.1. The number of amides is 1. The van der Waals surface area contributed by atoms with E-state index in [1.165, 1.54) is 11.3 Å². The van der Waals surface area contributed by atoms with E-state index in [0.717, 1.165) is 24.5 Å². The number of imidazole rings is 1. The number of piperazine rings is 1. The van der Waals surface area contributed by atoms with E-state index in [4.69, 9.17) is 0 Å². The molecule has 1 fully saturated rings. The molecule has 27 heavy (non-hydrogen) atoms. The molecule has 0 saturated carbocycles. The van der Waals surface area contributed by atoms with E-state index < -0.39 is 0 Å². The smallest absolute Gasteiger partial charge is 0.254 e. The zero-order valence-corrected chi connectivity index (χ0v) is 15.7. The highest BCUT2D eigenvalue weighted by Gasteiger charge is 2.30. The Labute approximate surface area is 159 Å². The molecule has 1 aliphatic heterocycles. The summed E-state index contributed by atoms with van der Waals surface area (Å²) in [5, 5.41) is 0. The van der Waals surface area contributed by atoms with E-state index >= 15 is 0 Å². The van der Waals surface area contributed by atoms with Gasteiger partial charge >= 0.3 is 0 Å². The second-order valence-corrected chi connectivity index (χ2v) is 7.06. The van der Waals surface area contributed by atoms with Crippen LogP contribution in [0.25, 0.3) is 11.4 Å². The van der Waals surface area contributed by atoms with Crippen LogP contribution in [-0.4, -0.2) is 46.5 Å². The van der Waals surface area contributed by atoms with Gasteiger partial charge in [-0.05, 0) is 31.5 Å². The summed E-state index contributed by atoms with van der Waals surface area (Å²) < 4.78 is 0. The van der Waals surface area contributed by atoms with Crippen LogP contribution < -0.4 is 4.90 Å². The van der Waals surface area contributed by atoms with Gasteiger partial charge in [0.05, 0.1) is 5.56 Å². The Hall–Kier alpha value is -3.08. The quantitative estimate of drug-likeness (QED) is 0.774. The Kier molecular flexibility index (Phi) is 4.67. The maximum Gasteiger partial charge on any atom is 0.254 e. The number of carbonyl (C=O) groups excluding carboxylic acids is 1. The van der Waals surface area contributed by atoms with Crippen molar-refractivity contribution in [3.05, 3.63) is 72.1 Å². The van der Waals surface area contributed by atoms with E-state index in [1.807, 2.05) is 29.2 Å². The van der Waals surface area contributed by atoms with Gasteiger partial charge in [0.25, 0.3) is 5.91 Å². The minimum Gasteiger partial charge on any atom is -0.367 e. The van der Waals surface area contributed by atoms with Gasteiger partial charge in [0.1, 0.15) is 5.82 Å². The van der Waals surface area contributed by atoms with Crippen LogP contribution in [0.1, 0.15) is 22.8 Å². The maximum absolute atomic E-state index is 13.3. The number of H-pyrrole nitrogens is 1. The number of carbonyl (C=O) groups is 1. The lowest BCUT2D eigenvalue weighted by molar-refractivity contribution is 0.0675. The first-order valence-corrected chi connectivity index (χ1v) is 9.35. The highest BCUT2D eigenvalue weighted by Crippen LogP contribution is 2.26. The third kappa shape index (κ3) is 3.33. The number of aryl methyl sites for hydroxylation is 1. The van der Waals surface area contributed by atoms with Gasteiger partial charge in [-0.15, -0.1) is 0 Å². The monoisotopic (exact) mass is 360 g/mol.